The van der Waals surface area contributed by atoms with Crippen molar-refractivity contribution in [3.8, 4) is 45.5 Å². The van der Waals surface area contributed by atoms with E-state index in [1.165, 1.54) is 30.9 Å². The molecule has 0 N–H and O–H groups in total. The monoisotopic (exact) mass is 935 g/mol. The molecule has 0 aliphatic rings. The third kappa shape index (κ3) is 5.68. The van der Waals surface area contributed by atoms with Crippen LogP contribution in [0.5, 0.6) is 0 Å². The first-order valence-corrected chi connectivity index (χ1v) is 25.1. The fourth-order valence-electron chi connectivity index (χ4n) is 11.5. The minimum absolute atomic E-state index is 0.573. The van der Waals surface area contributed by atoms with Gasteiger partial charge in [-0.2, -0.15) is 0 Å². The highest BCUT2D eigenvalue weighted by atomic mass is 32.1. The van der Waals surface area contributed by atoms with Crippen LogP contribution in [0.2, 0.25) is 0 Å². The summed E-state index contributed by atoms with van der Waals surface area (Å²) in [5.41, 5.74) is 10.8. The molecule has 0 fully saturated rings. The number of thiophene rings is 1. The first-order chi connectivity index (χ1) is 35.7. The lowest BCUT2D eigenvalue weighted by Gasteiger charge is -2.19. The van der Waals surface area contributed by atoms with Crippen LogP contribution in [0.3, 0.4) is 0 Å². The maximum atomic E-state index is 6.98. The zero-order valence-electron chi connectivity index (χ0n) is 38.4. The Morgan fingerprint density at radius 3 is 1.69 bits per heavy atom. The maximum Gasteiger partial charge on any atom is 0.166 e. The lowest BCUT2D eigenvalue weighted by atomic mass is 9.96. The van der Waals surface area contributed by atoms with E-state index in [1.54, 1.807) is 11.3 Å². The summed E-state index contributed by atoms with van der Waals surface area (Å²) in [6.45, 7) is 0. The summed E-state index contributed by atoms with van der Waals surface area (Å²) in [4.78, 5) is 16.8. The molecule has 0 saturated carbocycles. The van der Waals surface area contributed by atoms with Crippen LogP contribution in [0, 0.1) is 0 Å². The Hall–Kier alpha value is -9.43. The molecule has 5 aromatic heterocycles. The second kappa shape index (κ2) is 15.0. The van der Waals surface area contributed by atoms with Crippen molar-refractivity contribution in [1.82, 2.24) is 24.1 Å². The number of benzene rings is 11. The fraction of sp³-hybridized carbons (Fsp3) is 0. The molecule has 11 aromatic carbocycles. The van der Waals surface area contributed by atoms with E-state index in [0.717, 1.165) is 104 Å². The van der Waals surface area contributed by atoms with Crippen molar-refractivity contribution in [3.05, 3.63) is 224 Å². The zero-order chi connectivity index (χ0) is 47.0. The van der Waals surface area contributed by atoms with Crippen molar-refractivity contribution in [2.75, 3.05) is 0 Å². The first kappa shape index (κ1) is 39.4. The van der Waals surface area contributed by atoms with Crippen LogP contribution < -0.4 is 0 Å². The zero-order valence-corrected chi connectivity index (χ0v) is 39.2. The highest BCUT2D eigenvalue weighted by Crippen LogP contribution is 2.48. The van der Waals surface area contributed by atoms with E-state index < -0.39 is 0 Å². The van der Waals surface area contributed by atoms with Crippen molar-refractivity contribution >= 4 is 119 Å². The normalized spacial score (nSPS) is 12.2. The van der Waals surface area contributed by atoms with Gasteiger partial charge in [-0.25, -0.2) is 15.0 Å². The molecular weight excluding hydrogens is 899 g/mol. The Bertz CT molecular complexity index is 4940. The summed E-state index contributed by atoms with van der Waals surface area (Å²) >= 11 is 1.80. The van der Waals surface area contributed by atoms with Crippen LogP contribution in [-0.4, -0.2) is 24.1 Å². The second-order valence-electron chi connectivity index (χ2n) is 18.7. The van der Waals surface area contributed by atoms with Gasteiger partial charge >= 0.3 is 0 Å². The molecule has 16 aromatic rings. The topological polar surface area (TPSA) is 61.7 Å². The third-order valence-corrected chi connectivity index (χ3v) is 15.8. The van der Waals surface area contributed by atoms with Crippen molar-refractivity contribution in [1.29, 1.82) is 0 Å². The van der Waals surface area contributed by atoms with Gasteiger partial charge in [0.25, 0.3) is 0 Å². The molecule has 0 amide bonds. The minimum Gasteiger partial charge on any atom is -0.455 e. The summed E-state index contributed by atoms with van der Waals surface area (Å²) in [5.74, 6) is 1.76. The molecule has 0 radical (unpaired) electrons. The number of aromatic nitrogens is 5. The molecule has 0 spiro atoms. The lowest BCUT2D eigenvalue weighted by molar-refractivity contribution is 0.672. The molecule has 7 heteroatoms. The highest BCUT2D eigenvalue weighted by molar-refractivity contribution is 7.25. The average molecular weight is 936 g/mol. The summed E-state index contributed by atoms with van der Waals surface area (Å²) in [5, 5.41) is 13.4. The van der Waals surface area contributed by atoms with Gasteiger partial charge in [0, 0.05) is 69.3 Å². The van der Waals surface area contributed by atoms with Crippen molar-refractivity contribution < 1.29 is 4.42 Å². The predicted molar refractivity (Wildman–Crippen MR) is 300 cm³/mol. The predicted octanol–water partition coefficient (Wildman–Crippen LogP) is 17.6. The van der Waals surface area contributed by atoms with E-state index in [1.807, 2.05) is 6.07 Å². The number of para-hydroxylation sites is 4. The van der Waals surface area contributed by atoms with Gasteiger partial charge < -0.3 is 13.6 Å². The van der Waals surface area contributed by atoms with Crippen molar-refractivity contribution in [3.63, 3.8) is 0 Å². The van der Waals surface area contributed by atoms with Crippen LogP contribution >= 0.6 is 11.3 Å². The van der Waals surface area contributed by atoms with Crippen molar-refractivity contribution in [2.24, 2.45) is 0 Å². The largest absolute Gasteiger partial charge is 0.455 e. The molecule has 0 saturated heterocycles. The smallest absolute Gasteiger partial charge is 0.166 e. The van der Waals surface area contributed by atoms with Crippen LogP contribution in [-0.2, 0) is 0 Å². The Labute approximate surface area is 414 Å². The number of fused-ring (bicyclic) bond motifs is 15. The van der Waals surface area contributed by atoms with Gasteiger partial charge in [0.1, 0.15) is 11.2 Å². The first-order valence-electron chi connectivity index (χ1n) is 24.3. The molecule has 6 nitrogen and oxygen atoms in total. The Morgan fingerprint density at radius 2 is 0.903 bits per heavy atom. The number of rotatable bonds is 5. The quantitative estimate of drug-likeness (QED) is 0.172. The molecular formula is C65H37N5OS. The second-order valence-corrected chi connectivity index (χ2v) is 19.8. The van der Waals surface area contributed by atoms with Gasteiger partial charge in [-0.15, -0.1) is 11.3 Å². The number of hydrogen-bond acceptors (Lipinski definition) is 5. The van der Waals surface area contributed by atoms with Gasteiger partial charge in [-0.05, 0) is 89.0 Å². The van der Waals surface area contributed by atoms with E-state index in [2.05, 4.69) is 228 Å². The molecule has 0 aliphatic heterocycles. The van der Waals surface area contributed by atoms with Gasteiger partial charge in [0.15, 0.2) is 17.5 Å². The van der Waals surface area contributed by atoms with Crippen molar-refractivity contribution in [2.45, 2.75) is 0 Å². The van der Waals surface area contributed by atoms with Gasteiger partial charge in [-0.3, -0.25) is 0 Å². The summed E-state index contributed by atoms with van der Waals surface area (Å²) in [6.07, 6.45) is 0. The molecule has 0 atom stereocenters. The van der Waals surface area contributed by atoms with Crippen LogP contribution in [0.25, 0.3) is 153 Å². The molecule has 5 heterocycles. The Morgan fingerprint density at radius 1 is 0.347 bits per heavy atom. The molecule has 334 valence electrons. The minimum atomic E-state index is 0.573. The highest BCUT2D eigenvalue weighted by Gasteiger charge is 2.28. The van der Waals surface area contributed by atoms with Gasteiger partial charge in [-0.1, -0.05) is 152 Å². The summed E-state index contributed by atoms with van der Waals surface area (Å²) in [6, 6.07) is 80.2. The number of nitrogens with zero attached hydrogens (tertiary/aromatic N) is 5. The standard InChI is InChI=1S/C65H37N5OS/c1-2-18-42(19-3-1)69-52-26-12-8-20-43(52)50-35-40(31-33-54(50)69)63-66-64(41-30-32-46-45-22-11-15-29-57(45)72-58(46)37-41)68-65(67-63)60-47-23-6-7-24-48(47)62-59(49-25-10-14-28-56(49)71-62)61(60)70-53-27-13-9-21-44(53)51-34-38-16-4-5-17-39(38)36-55(51)70/h1-37H. The average Bonchev–Trinajstić information content (AvgIpc) is 4.20. The molecule has 0 unspecified atom stereocenters. The van der Waals surface area contributed by atoms with E-state index in [0.29, 0.717) is 17.5 Å². The molecule has 72 heavy (non-hydrogen) atoms. The summed E-state index contributed by atoms with van der Waals surface area (Å²) in [7, 11) is 0. The number of furan rings is 1. The van der Waals surface area contributed by atoms with Crippen LogP contribution in [0.4, 0.5) is 0 Å². The van der Waals surface area contributed by atoms with Gasteiger partial charge in [0.2, 0.25) is 0 Å². The number of hydrogen-bond donors (Lipinski definition) is 0. The SMILES string of the molecule is c1ccc(-n2c3ccccc3c3cc(-c4nc(-c5ccc6c(c5)sc5ccccc56)nc(-c5c(-n6c7ccccc7c7cc8ccccc8cc76)c6c7ccccc7oc6c6ccccc56)n4)ccc32)cc1. The van der Waals surface area contributed by atoms with E-state index in [4.69, 9.17) is 19.4 Å². The fourth-order valence-corrected chi connectivity index (χ4v) is 12.7. The summed E-state index contributed by atoms with van der Waals surface area (Å²) < 4.78 is 14.2. The maximum absolute atomic E-state index is 6.98. The van der Waals surface area contributed by atoms with Crippen LogP contribution in [0.15, 0.2) is 229 Å². The Kier molecular flexibility index (Phi) is 8.23. The third-order valence-electron chi connectivity index (χ3n) is 14.7. The molecule has 0 aliphatic carbocycles. The Balaban J connectivity index is 1.05. The molecule has 0 bridgehead atoms. The lowest BCUT2D eigenvalue weighted by Crippen LogP contribution is -2.05. The van der Waals surface area contributed by atoms with E-state index in [9.17, 15) is 0 Å². The van der Waals surface area contributed by atoms with E-state index in [-0.39, 0.29) is 0 Å². The van der Waals surface area contributed by atoms with Crippen LogP contribution in [0.1, 0.15) is 0 Å². The molecule has 16 rings (SSSR count). The van der Waals surface area contributed by atoms with Gasteiger partial charge in [0.05, 0.1) is 38.7 Å². The van der Waals surface area contributed by atoms with E-state index >= 15 is 0 Å².